The molecule has 3 rings (SSSR count). The van der Waals surface area contributed by atoms with Gasteiger partial charge in [0.15, 0.2) is 0 Å². The Morgan fingerprint density at radius 3 is 3.15 bits per heavy atom. The Balaban J connectivity index is 1.45. The number of amides is 1. The number of aryl methyl sites for hydroxylation is 1. The second-order valence-electron chi connectivity index (χ2n) is 4.78. The Hall–Kier alpha value is -1.72. The van der Waals surface area contributed by atoms with E-state index < -0.39 is 0 Å². The van der Waals surface area contributed by atoms with Crippen molar-refractivity contribution in [3.05, 3.63) is 41.4 Å². The molecule has 0 spiro atoms. The molecule has 1 aromatic heterocycles. The lowest BCUT2D eigenvalue weighted by Gasteiger charge is -2.09. The van der Waals surface area contributed by atoms with Crippen molar-refractivity contribution in [1.82, 2.24) is 15.6 Å². The minimum absolute atomic E-state index is 0.0584. The van der Waals surface area contributed by atoms with Gasteiger partial charge in [0.25, 0.3) is 0 Å². The topological polar surface area (TPSA) is 54.0 Å². The lowest BCUT2D eigenvalue weighted by Crippen LogP contribution is -2.40. The van der Waals surface area contributed by atoms with Gasteiger partial charge in [0, 0.05) is 19.5 Å². The molecule has 1 atom stereocenters. The molecule has 2 heterocycles. The standard InChI is InChI=1S/C15H17N3OS/c19-15(12-6-3-9-16-12)17-10-4-8-14-18-11-5-1-2-7-13(11)20-14/h1-3,5-7,12,16H,4,8-10H2,(H,17,19). The third-order valence-electron chi connectivity index (χ3n) is 3.27. The lowest BCUT2D eigenvalue weighted by atomic mass is 10.2. The van der Waals surface area contributed by atoms with E-state index in [1.807, 2.05) is 30.4 Å². The van der Waals surface area contributed by atoms with Gasteiger partial charge in [-0.25, -0.2) is 4.98 Å². The van der Waals surface area contributed by atoms with Crippen LogP contribution in [0.2, 0.25) is 0 Å². The molecule has 0 bridgehead atoms. The maximum Gasteiger partial charge on any atom is 0.241 e. The van der Waals surface area contributed by atoms with E-state index in [4.69, 9.17) is 0 Å². The number of fused-ring (bicyclic) bond motifs is 1. The predicted octanol–water partition coefficient (Wildman–Crippen LogP) is 1.87. The summed E-state index contributed by atoms with van der Waals surface area (Å²) in [5, 5.41) is 7.19. The fourth-order valence-electron chi connectivity index (χ4n) is 2.24. The minimum Gasteiger partial charge on any atom is -0.354 e. The number of carbonyl (C=O) groups excluding carboxylic acids is 1. The predicted molar refractivity (Wildman–Crippen MR) is 81.9 cm³/mol. The average Bonchev–Trinajstić information content (AvgIpc) is 3.11. The third-order valence-corrected chi connectivity index (χ3v) is 4.37. The lowest BCUT2D eigenvalue weighted by molar-refractivity contribution is -0.121. The fourth-order valence-corrected chi connectivity index (χ4v) is 3.24. The molecule has 20 heavy (non-hydrogen) atoms. The van der Waals surface area contributed by atoms with Crippen LogP contribution in [0.1, 0.15) is 11.4 Å². The molecule has 0 aliphatic carbocycles. The number of rotatable bonds is 5. The number of aromatic nitrogens is 1. The molecule has 104 valence electrons. The van der Waals surface area contributed by atoms with Crippen molar-refractivity contribution in [3.63, 3.8) is 0 Å². The highest BCUT2D eigenvalue weighted by molar-refractivity contribution is 7.18. The van der Waals surface area contributed by atoms with Crippen LogP contribution in [0.15, 0.2) is 36.4 Å². The molecule has 4 nitrogen and oxygen atoms in total. The molecule has 1 aromatic carbocycles. The number of para-hydroxylation sites is 1. The van der Waals surface area contributed by atoms with E-state index in [-0.39, 0.29) is 11.9 Å². The zero-order chi connectivity index (χ0) is 13.8. The minimum atomic E-state index is -0.155. The molecule has 1 aliphatic rings. The normalized spacial score (nSPS) is 17.7. The second-order valence-corrected chi connectivity index (χ2v) is 5.90. The quantitative estimate of drug-likeness (QED) is 0.652. The smallest absolute Gasteiger partial charge is 0.241 e. The van der Waals surface area contributed by atoms with Crippen LogP contribution in [0, 0.1) is 0 Å². The van der Waals surface area contributed by atoms with Crippen molar-refractivity contribution < 1.29 is 4.79 Å². The van der Waals surface area contributed by atoms with Crippen molar-refractivity contribution in [3.8, 4) is 0 Å². The van der Waals surface area contributed by atoms with Crippen LogP contribution in [0.4, 0.5) is 0 Å². The second kappa shape index (κ2) is 6.15. The first-order valence-electron chi connectivity index (χ1n) is 6.85. The maximum atomic E-state index is 11.8. The van der Waals surface area contributed by atoms with Crippen molar-refractivity contribution in [2.75, 3.05) is 13.1 Å². The third kappa shape index (κ3) is 3.05. The zero-order valence-corrected chi connectivity index (χ0v) is 12.0. The summed E-state index contributed by atoms with van der Waals surface area (Å²) in [6, 6.07) is 8.02. The van der Waals surface area contributed by atoms with Crippen molar-refractivity contribution >= 4 is 27.5 Å². The molecule has 0 saturated heterocycles. The van der Waals surface area contributed by atoms with Gasteiger partial charge in [-0.2, -0.15) is 0 Å². The Morgan fingerprint density at radius 2 is 2.35 bits per heavy atom. The summed E-state index contributed by atoms with van der Waals surface area (Å²) >= 11 is 1.73. The van der Waals surface area contributed by atoms with Gasteiger partial charge in [0.05, 0.1) is 15.2 Å². The monoisotopic (exact) mass is 287 g/mol. The maximum absolute atomic E-state index is 11.8. The molecule has 0 radical (unpaired) electrons. The molecule has 1 amide bonds. The largest absolute Gasteiger partial charge is 0.354 e. The van der Waals surface area contributed by atoms with Gasteiger partial charge in [0.2, 0.25) is 5.91 Å². The summed E-state index contributed by atoms with van der Waals surface area (Å²) in [6.45, 7) is 1.48. The van der Waals surface area contributed by atoms with E-state index in [0.29, 0.717) is 6.54 Å². The number of hydrogen-bond donors (Lipinski definition) is 2. The first kappa shape index (κ1) is 13.3. The van der Waals surface area contributed by atoms with Crippen molar-refractivity contribution in [1.29, 1.82) is 0 Å². The molecule has 5 heteroatoms. The number of thiazole rings is 1. The van der Waals surface area contributed by atoms with Crippen LogP contribution < -0.4 is 10.6 Å². The van der Waals surface area contributed by atoms with Gasteiger partial charge in [-0.3, -0.25) is 10.1 Å². The zero-order valence-electron chi connectivity index (χ0n) is 11.1. The Morgan fingerprint density at radius 1 is 1.45 bits per heavy atom. The molecule has 0 saturated carbocycles. The summed E-state index contributed by atoms with van der Waals surface area (Å²) in [4.78, 5) is 16.3. The van der Waals surface area contributed by atoms with Gasteiger partial charge in [-0.1, -0.05) is 24.3 Å². The highest BCUT2D eigenvalue weighted by Gasteiger charge is 2.16. The number of hydrogen-bond acceptors (Lipinski definition) is 4. The summed E-state index contributed by atoms with van der Waals surface area (Å²) in [7, 11) is 0. The van der Waals surface area contributed by atoms with E-state index >= 15 is 0 Å². The van der Waals surface area contributed by atoms with E-state index in [0.717, 1.165) is 29.9 Å². The highest BCUT2D eigenvalue weighted by Crippen LogP contribution is 2.22. The number of carbonyl (C=O) groups is 1. The van der Waals surface area contributed by atoms with E-state index in [1.54, 1.807) is 11.3 Å². The van der Waals surface area contributed by atoms with Gasteiger partial charge >= 0.3 is 0 Å². The molecular weight excluding hydrogens is 270 g/mol. The van der Waals surface area contributed by atoms with E-state index in [2.05, 4.69) is 21.7 Å². The fraction of sp³-hybridized carbons (Fsp3) is 0.333. The van der Waals surface area contributed by atoms with Crippen LogP contribution in [0.3, 0.4) is 0 Å². The van der Waals surface area contributed by atoms with Crippen LogP contribution in [-0.4, -0.2) is 30.0 Å². The van der Waals surface area contributed by atoms with Gasteiger partial charge in [-0.05, 0) is 18.6 Å². The van der Waals surface area contributed by atoms with Gasteiger partial charge in [0.1, 0.15) is 6.04 Å². The first-order valence-corrected chi connectivity index (χ1v) is 7.67. The van der Waals surface area contributed by atoms with Crippen molar-refractivity contribution in [2.24, 2.45) is 0 Å². The van der Waals surface area contributed by atoms with Crippen LogP contribution in [0.5, 0.6) is 0 Å². The number of benzene rings is 1. The average molecular weight is 287 g/mol. The van der Waals surface area contributed by atoms with Crippen LogP contribution >= 0.6 is 11.3 Å². The Bertz CT molecular complexity index is 602. The Kier molecular flexibility index (Phi) is 4.08. The summed E-state index contributed by atoms with van der Waals surface area (Å²) < 4.78 is 1.23. The van der Waals surface area contributed by atoms with Gasteiger partial charge < -0.3 is 5.32 Å². The summed E-state index contributed by atoms with van der Waals surface area (Å²) in [5.74, 6) is 0.0584. The summed E-state index contributed by atoms with van der Waals surface area (Å²) in [5.41, 5.74) is 1.07. The number of nitrogens with one attached hydrogen (secondary N) is 2. The van der Waals surface area contributed by atoms with Crippen molar-refractivity contribution in [2.45, 2.75) is 18.9 Å². The summed E-state index contributed by atoms with van der Waals surface area (Å²) in [6.07, 6.45) is 5.71. The Labute approximate surface area is 121 Å². The molecule has 0 fully saturated rings. The van der Waals surface area contributed by atoms with E-state index in [9.17, 15) is 4.79 Å². The van der Waals surface area contributed by atoms with Crippen LogP contribution in [0.25, 0.3) is 10.2 Å². The molecule has 1 aliphatic heterocycles. The highest BCUT2D eigenvalue weighted by atomic mass is 32.1. The van der Waals surface area contributed by atoms with Gasteiger partial charge in [-0.15, -0.1) is 11.3 Å². The molecule has 2 N–H and O–H groups in total. The number of nitrogens with zero attached hydrogens (tertiary/aromatic N) is 1. The van der Waals surface area contributed by atoms with E-state index in [1.165, 1.54) is 4.70 Å². The molecule has 1 unspecified atom stereocenters. The SMILES string of the molecule is O=C(NCCCc1nc2ccccc2s1)C1C=CCN1. The molecular formula is C15H17N3OS. The molecule has 2 aromatic rings. The van der Waals surface area contributed by atoms with Crippen LogP contribution in [-0.2, 0) is 11.2 Å². The first-order chi connectivity index (χ1) is 9.83.